The van der Waals surface area contributed by atoms with Gasteiger partial charge in [0.15, 0.2) is 0 Å². The van der Waals surface area contributed by atoms with E-state index in [1.54, 1.807) is 11.3 Å². The van der Waals surface area contributed by atoms with Crippen molar-refractivity contribution in [2.45, 2.75) is 13.0 Å². The number of nitrogens with one attached hydrogen (secondary N) is 2. The van der Waals surface area contributed by atoms with Gasteiger partial charge in [0.2, 0.25) is 0 Å². The highest BCUT2D eigenvalue weighted by atomic mass is 32.1. The molecular formula is C14H16N2OS. The van der Waals surface area contributed by atoms with E-state index in [1.165, 1.54) is 0 Å². The molecule has 94 valence electrons. The fraction of sp³-hybridized carbons (Fsp3) is 0.214. The lowest BCUT2D eigenvalue weighted by Crippen LogP contribution is -2.26. The van der Waals surface area contributed by atoms with E-state index < -0.39 is 0 Å². The standard InChI is InChI=1S/C14H16N2OS/c1-10(13-8-5-9-18-13)16-14(17)11-6-3-4-7-12(11)15-2/h3-10,15H,1-2H3,(H,16,17). The van der Waals surface area contributed by atoms with Gasteiger partial charge in [-0.2, -0.15) is 0 Å². The molecule has 3 nitrogen and oxygen atoms in total. The Balaban J connectivity index is 2.12. The molecule has 1 aromatic heterocycles. The summed E-state index contributed by atoms with van der Waals surface area (Å²) >= 11 is 1.65. The summed E-state index contributed by atoms with van der Waals surface area (Å²) in [6, 6.07) is 11.5. The van der Waals surface area contributed by atoms with Crippen LogP contribution in [-0.4, -0.2) is 13.0 Å². The molecular weight excluding hydrogens is 244 g/mol. The molecule has 2 rings (SSSR count). The molecule has 1 heterocycles. The first-order valence-electron chi connectivity index (χ1n) is 5.83. The molecule has 2 aromatic rings. The normalized spacial score (nSPS) is 11.9. The van der Waals surface area contributed by atoms with E-state index in [4.69, 9.17) is 0 Å². The Kier molecular flexibility index (Phi) is 3.99. The Bertz CT molecular complexity index is 522. The summed E-state index contributed by atoms with van der Waals surface area (Å²) in [4.78, 5) is 13.3. The number of hydrogen-bond acceptors (Lipinski definition) is 3. The van der Waals surface area contributed by atoms with Crippen LogP contribution in [0.3, 0.4) is 0 Å². The van der Waals surface area contributed by atoms with Crippen LogP contribution in [0.15, 0.2) is 41.8 Å². The molecule has 0 aliphatic rings. The summed E-state index contributed by atoms with van der Waals surface area (Å²) in [6.45, 7) is 1.99. The van der Waals surface area contributed by atoms with E-state index in [0.717, 1.165) is 10.6 Å². The predicted molar refractivity (Wildman–Crippen MR) is 76.2 cm³/mol. The third-order valence-electron chi connectivity index (χ3n) is 2.76. The molecule has 0 radical (unpaired) electrons. The first-order chi connectivity index (χ1) is 8.72. The van der Waals surface area contributed by atoms with Crippen molar-refractivity contribution in [2.75, 3.05) is 12.4 Å². The summed E-state index contributed by atoms with van der Waals surface area (Å²) in [5.41, 5.74) is 1.51. The van der Waals surface area contributed by atoms with Crippen LogP contribution in [0.1, 0.15) is 28.2 Å². The first-order valence-corrected chi connectivity index (χ1v) is 6.71. The number of hydrogen-bond donors (Lipinski definition) is 2. The average molecular weight is 260 g/mol. The lowest BCUT2D eigenvalue weighted by molar-refractivity contribution is 0.0941. The van der Waals surface area contributed by atoms with Crippen LogP contribution in [0.25, 0.3) is 0 Å². The molecule has 0 spiro atoms. The quantitative estimate of drug-likeness (QED) is 0.885. The second-order valence-corrected chi connectivity index (χ2v) is 4.99. The monoisotopic (exact) mass is 260 g/mol. The van der Waals surface area contributed by atoms with Crippen LogP contribution in [0.4, 0.5) is 5.69 Å². The molecule has 2 N–H and O–H groups in total. The maximum atomic E-state index is 12.2. The third-order valence-corrected chi connectivity index (χ3v) is 3.81. The molecule has 0 aliphatic carbocycles. The smallest absolute Gasteiger partial charge is 0.253 e. The van der Waals surface area contributed by atoms with Crippen LogP contribution < -0.4 is 10.6 Å². The molecule has 0 fully saturated rings. The van der Waals surface area contributed by atoms with Crippen molar-refractivity contribution < 1.29 is 4.79 Å². The minimum atomic E-state index is -0.0548. The molecule has 1 aromatic carbocycles. The SMILES string of the molecule is CNc1ccccc1C(=O)NC(C)c1cccs1. The van der Waals surface area contributed by atoms with Crippen molar-refractivity contribution in [3.8, 4) is 0 Å². The Morgan fingerprint density at radius 3 is 2.67 bits per heavy atom. The van der Waals surface area contributed by atoms with Crippen LogP contribution in [0, 0.1) is 0 Å². The molecule has 0 saturated heterocycles. The molecule has 1 atom stereocenters. The molecule has 0 bridgehead atoms. The van der Waals surface area contributed by atoms with Crippen molar-refractivity contribution in [3.63, 3.8) is 0 Å². The Hall–Kier alpha value is -1.81. The van der Waals surface area contributed by atoms with E-state index in [-0.39, 0.29) is 11.9 Å². The van der Waals surface area contributed by atoms with Crippen LogP contribution in [0.2, 0.25) is 0 Å². The Labute approximate surface area is 111 Å². The highest BCUT2D eigenvalue weighted by molar-refractivity contribution is 7.10. The van der Waals surface area contributed by atoms with E-state index in [1.807, 2.05) is 55.7 Å². The summed E-state index contributed by atoms with van der Waals surface area (Å²) < 4.78 is 0. The largest absolute Gasteiger partial charge is 0.387 e. The van der Waals surface area contributed by atoms with Crippen LogP contribution >= 0.6 is 11.3 Å². The van der Waals surface area contributed by atoms with E-state index in [2.05, 4.69) is 10.6 Å². The fourth-order valence-electron chi connectivity index (χ4n) is 1.78. The maximum absolute atomic E-state index is 12.2. The van der Waals surface area contributed by atoms with Gasteiger partial charge in [-0.15, -0.1) is 11.3 Å². The number of carbonyl (C=O) groups is 1. The number of rotatable bonds is 4. The zero-order valence-corrected chi connectivity index (χ0v) is 11.3. The van der Waals surface area contributed by atoms with Gasteiger partial charge < -0.3 is 10.6 Å². The van der Waals surface area contributed by atoms with Gasteiger partial charge in [-0.1, -0.05) is 18.2 Å². The van der Waals surface area contributed by atoms with Gasteiger partial charge >= 0.3 is 0 Å². The van der Waals surface area contributed by atoms with E-state index >= 15 is 0 Å². The van der Waals surface area contributed by atoms with Crippen molar-refractivity contribution in [1.29, 1.82) is 0 Å². The molecule has 1 amide bonds. The second-order valence-electron chi connectivity index (χ2n) is 4.01. The van der Waals surface area contributed by atoms with Crippen molar-refractivity contribution in [3.05, 3.63) is 52.2 Å². The Morgan fingerprint density at radius 1 is 1.22 bits per heavy atom. The van der Waals surface area contributed by atoms with Gasteiger partial charge in [-0.25, -0.2) is 0 Å². The minimum absolute atomic E-state index is 0.0300. The van der Waals surface area contributed by atoms with Gasteiger partial charge in [0, 0.05) is 17.6 Å². The number of carbonyl (C=O) groups excluding carboxylic acids is 1. The summed E-state index contributed by atoms with van der Waals surface area (Å²) in [5, 5.41) is 8.04. The van der Waals surface area contributed by atoms with Crippen molar-refractivity contribution in [2.24, 2.45) is 0 Å². The van der Waals surface area contributed by atoms with Gasteiger partial charge in [0.1, 0.15) is 0 Å². The number of benzene rings is 1. The van der Waals surface area contributed by atoms with Crippen molar-refractivity contribution in [1.82, 2.24) is 5.32 Å². The van der Waals surface area contributed by atoms with E-state index in [0.29, 0.717) is 5.56 Å². The summed E-state index contributed by atoms with van der Waals surface area (Å²) in [5.74, 6) is -0.0548. The number of anilines is 1. The first kappa shape index (κ1) is 12.6. The lowest BCUT2D eigenvalue weighted by Gasteiger charge is -2.14. The fourth-order valence-corrected chi connectivity index (χ4v) is 2.52. The maximum Gasteiger partial charge on any atom is 0.253 e. The Morgan fingerprint density at radius 2 is 2.00 bits per heavy atom. The average Bonchev–Trinajstić information content (AvgIpc) is 2.92. The second kappa shape index (κ2) is 5.69. The van der Waals surface area contributed by atoms with Crippen molar-refractivity contribution >= 4 is 22.9 Å². The topological polar surface area (TPSA) is 41.1 Å². The molecule has 0 saturated carbocycles. The lowest BCUT2D eigenvalue weighted by atomic mass is 10.1. The van der Waals surface area contributed by atoms with Crippen LogP contribution in [0.5, 0.6) is 0 Å². The molecule has 0 aliphatic heterocycles. The summed E-state index contributed by atoms with van der Waals surface area (Å²) in [7, 11) is 1.81. The zero-order chi connectivity index (χ0) is 13.0. The highest BCUT2D eigenvalue weighted by Gasteiger charge is 2.14. The molecule has 18 heavy (non-hydrogen) atoms. The minimum Gasteiger partial charge on any atom is -0.387 e. The number of amides is 1. The van der Waals surface area contributed by atoms with Gasteiger partial charge in [0.05, 0.1) is 11.6 Å². The highest BCUT2D eigenvalue weighted by Crippen LogP contribution is 2.20. The zero-order valence-electron chi connectivity index (χ0n) is 10.4. The van der Waals surface area contributed by atoms with Gasteiger partial charge in [-0.05, 0) is 30.5 Å². The van der Waals surface area contributed by atoms with E-state index in [9.17, 15) is 4.79 Å². The molecule has 4 heteroatoms. The number of para-hydroxylation sites is 1. The predicted octanol–water partition coefficient (Wildman–Crippen LogP) is 3.28. The summed E-state index contributed by atoms with van der Waals surface area (Å²) in [6.07, 6.45) is 0. The van der Waals surface area contributed by atoms with Gasteiger partial charge in [0.25, 0.3) is 5.91 Å². The number of thiophene rings is 1. The third kappa shape index (κ3) is 2.71. The molecule has 1 unspecified atom stereocenters. The van der Waals surface area contributed by atoms with Gasteiger partial charge in [-0.3, -0.25) is 4.79 Å². The van der Waals surface area contributed by atoms with Crippen LogP contribution in [-0.2, 0) is 0 Å².